The van der Waals surface area contributed by atoms with E-state index in [1.54, 1.807) is 28.1 Å². The van der Waals surface area contributed by atoms with Gasteiger partial charge in [0.05, 0.1) is 15.4 Å². The molecule has 28 heavy (non-hydrogen) atoms. The first-order valence-electron chi connectivity index (χ1n) is 8.62. The molecule has 1 aliphatic heterocycles. The monoisotopic (exact) mass is 404 g/mol. The first-order chi connectivity index (χ1) is 13.2. The molecule has 0 atom stereocenters. The summed E-state index contributed by atoms with van der Waals surface area (Å²) >= 11 is 0. The number of hydrogen-bond acceptors (Lipinski definition) is 7. The highest BCUT2D eigenvalue weighted by molar-refractivity contribution is 7.90. The van der Waals surface area contributed by atoms with Gasteiger partial charge in [-0.25, -0.2) is 8.42 Å². The predicted molar refractivity (Wildman–Crippen MR) is 103 cm³/mol. The normalized spacial score (nSPS) is 14.8. The Kier molecular flexibility index (Phi) is 5.32. The van der Waals surface area contributed by atoms with Crippen LogP contribution in [0, 0.1) is 17.0 Å². The first kappa shape index (κ1) is 19.7. The second kappa shape index (κ2) is 7.55. The minimum absolute atomic E-state index is 0.0939. The van der Waals surface area contributed by atoms with Crippen LogP contribution < -0.4 is 4.90 Å². The molecular formula is C18H20N4O5S. The van der Waals surface area contributed by atoms with E-state index in [1.807, 2.05) is 6.92 Å². The standard InChI is InChI=1S/C18H20N4O5S/c1-13-3-4-14(12-19-13)18(23)21-9-7-20(8-10-21)16-6-5-15(28(2,26)27)11-17(16)22(24)25/h3-6,11-12H,7-10H2,1-2H3. The van der Waals surface area contributed by atoms with Gasteiger partial charge in [0.25, 0.3) is 11.6 Å². The summed E-state index contributed by atoms with van der Waals surface area (Å²) in [4.78, 5) is 30.9. The summed E-state index contributed by atoms with van der Waals surface area (Å²) < 4.78 is 23.4. The largest absolute Gasteiger partial charge is 0.362 e. The van der Waals surface area contributed by atoms with Gasteiger partial charge in [-0.2, -0.15) is 0 Å². The van der Waals surface area contributed by atoms with Gasteiger partial charge in [-0.15, -0.1) is 0 Å². The minimum atomic E-state index is -3.54. The van der Waals surface area contributed by atoms with Crippen molar-refractivity contribution in [3.8, 4) is 0 Å². The molecule has 0 radical (unpaired) electrons. The molecule has 0 N–H and O–H groups in total. The lowest BCUT2D eigenvalue weighted by Gasteiger charge is -2.35. The number of amides is 1. The molecule has 0 unspecified atom stereocenters. The smallest absolute Gasteiger partial charge is 0.293 e. The zero-order valence-corrected chi connectivity index (χ0v) is 16.3. The Labute approximate surface area is 162 Å². The van der Waals surface area contributed by atoms with E-state index in [0.29, 0.717) is 37.4 Å². The Hall–Kier alpha value is -3.01. The van der Waals surface area contributed by atoms with Crippen LogP contribution in [-0.2, 0) is 9.84 Å². The maximum atomic E-state index is 12.6. The lowest BCUT2D eigenvalue weighted by atomic mass is 10.2. The van der Waals surface area contributed by atoms with E-state index in [2.05, 4.69) is 4.98 Å². The molecule has 1 aliphatic rings. The Bertz CT molecular complexity index is 1010. The SMILES string of the molecule is Cc1ccc(C(=O)N2CCN(c3ccc(S(C)(=O)=O)cc3[N+](=O)[O-])CC2)cn1. The molecule has 3 rings (SSSR count). The Morgan fingerprint density at radius 2 is 1.82 bits per heavy atom. The van der Waals surface area contributed by atoms with Crippen LogP contribution in [0.15, 0.2) is 41.4 Å². The highest BCUT2D eigenvalue weighted by Gasteiger charge is 2.27. The fourth-order valence-corrected chi connectivity index (χ4v) is 3.72. The van der Waals surface area contributed by atoms with Gasteiger partial charge in [0.2, 0.25) is 0 Å². The molecule has 0 bridgehead atoms. The third-order valence-corrected chi connectivity index (χ3v) is 5.75. The number of rotatable bonds is 4. The summed E-state index contributed by atoms with van der Waals surface area (Å²) in [6.07, 6.45) is 2.55. The summed E-state index contributed by atoms with van der Waals surface area (Å²) in [5, 5.41) is 11.4. The number of nitrogens with zero attached hydrogens (tertiary/aromatic N) is 4. The van der Waals surface area contributed by atoms with Crippen LogP contribution in [0.4, 0.5) is 11.4 Å². The summed E-state index contributed by atoms with van der Waals surface area (Å²) in [5.41, 5.74) is 1.42. The molecule has 2 heterocycles. The third-order valence-electron chi connectivity index (χ3n) is 4.64. The maximum Gasteiger partial charge on any atom is 0.293 e. The Morgan fingerprint density at radius 1 is 1.14 bits per heavy atom. The predicted octanol–water partition coefficient (Wildman–Crippen LogP) is 1.66. The molecule has 9 nitrogen and oxygen atoms in total. The number of aryl methyl sites for hydroxylation is 1. The summed E-state index contributed by atoms with van der Waals surface area (Å²) in [7, 11) is -3.54. The molecule has 1 amide bonds. The van der Waals surface area contributed by atoms with Crippen molar-refractivity contribution in [1.82, 2.24) is 9.88 Å². The number of nitro groups is 1. The molecule has 1 fully saturated rings. The van der Waals surface area contributed by atoms with Gasteiger partial charge < -0.3 is 9.80 Å². The van der Waals surface area contributed by atoms with Crippen LogP contribution in [-0.4, -0.2) is 61.6 Å². The zero-order valence-electron chi connectivity index (χ0n) is 15.5. The van der Waals surface area contributed by atoms with Crippen LogP contribution in [0.2, 0.25) is 0 Å². The number of sulfone groups is 1. The van der Waals surface area contributed by atoms with Gasteiger partial charge in [0.1, 0.15) is 5.69 Å². The second-order valence-corrected chi connectivity index (χ2v) is 8.66. The van der Waals surface area contributed by atoms with Crippen molar-refractivity contribution in [2.75, 3.05) is 37.3 Å². The molecule has 1 aromatic carbocycles. The molecule has 1 aromatic heterocycles. The maximum absolute atomic E-state index is 12.6. The molecule has 2 aromatic rings. The van der Waals surface area contributed by atoms with Gasteiger partial charge in [-0.1, -0.05) is 0 Å². The van der Waals surface area contributed by atoms with E-state index in [9.17, 15) is 23.3 Å². The number of anilines is 1. The van der Waals surface area contributed by atoms with Gasteiger partial charge in [-0.3, -0.25) is 19.9 Å². The van der Waals surface area contributed by atoms with Crippen molar-refractivity contribution in [2.24, 2.45) is 0 Å². The number of carbonyl (C=O) groups excluding carboxylic acids is 1. The quantitative estimate of drug-likeness (QED) is 0.562. The van der Waals surface area contributed by atoms with E-state index in [0.717, 1.165) is 18.0 Å². The van der Waals surface area contributed by atoms with Crippen LogP contribution in [0.5, 0.6) is 0 Å². The number of benzene rings is 1. The van der Waals surface area contributed by atoms with Gasteiger partial charge >= 0.3 is 0 Å². The van der Waals surface area contributed by atoms with Crippen LogP contribution >= 0.6 is 0 Å². The van der Waals surface area contributed by atoms with E-state index in [1.165, 1.54) is 12.1 Å². The highest BCUT2D eigenvalue weighted by Crippen LogP contribution is 2.31. The van der Waals surface area contributed by atoms with Gasteiger partial charge in [0, 0.05) is 50.4 Å². The number of pyridine rings is 1. The van der Waals surface area contributed by atoms with Crippen LogP contribution in [0.25, 0.3) is 0 Å². The highest BCUT2D eigenvalue weighted by atomic mass is 32.2. The lowest BCUT2D eigenvalue weighted by Crippen LogP contribution is -2.49. The van der Waals surface area contributed by atoms with E-state index in [-0.39, 0.29) is 16.5 Å². The fourth-order valence-electron chi connectivity index (χ4n) is 3.07. The van der Waals surface area contributed by atoms with Crippen molar-refractivity contribution in [2.45, 2.75) is 11.8 Å². The topological polar surface area (TPSA) is 114 Å². The van der Waals surface area contributed by atoms with E-state index >= 15 is 0 Å². The third kappa shape index (κ3) is 4.11. The van der Waals surface area contributed by atoms with Crippen molar-refractivity contribution in [1.29, 1.82) is 0 Å². The Balaban J connectivity index is 1.77. The van der Waals surface area contributed by atoms with Gasteiger partial charge in [0.15, 0.2) is 9.84 Å². The van der Waals surface area contributed by atoms with Crippen molar-refractivity contribution >= 4 is 27.1 Å². The molecule has 148 valence electrons. The average molecular weight is 404 g/mol. The van der Waals surface area contributed by atoms with Crippen LogP contribution in [0.3, 0.4) is 0 Å². The summed E-state index contributed by atoms with van der Waals surface area (Å²) in [5.74, 6) is -0.130. The van der Waals surface area contributed by atoms with Crippen LogP contribution in [0.1, 0.15) is 16.1 Å². The first-order valence-corrected chi connectivity index (χ1v) is 10.5. The second-order valence-electron chi connectivity index (χ2n) is 6.65. The molecule has 10 heteroatoms. The van der Waals surface area contributed by atoms with Gasteiger partial charge in [-0.05, 0) is 31.2 Å². The minimum Gasteiger partial charge on any atom is -0.362 e. The van der Waals surface area contributed by atoms with Crippen molar-refractivity contribution in [3.05, 3.63) is 57.9 Å². The molecule has 1 saturated heterocycles. The lowest BCUT2D eigenvalue weighted by molar-refractivity contribution is -0.384. The van der Waals surface area contributed by atoms with Crippen molar-refractivity contribution < 1.29 is 18.1 Å². The molecular weight excluding hydrogens is 384 g/mol. The Morgan fingerprint density at radius 3 is 2.36 bits per heavy atom. The summed E-state index contributed by atoms with van der Waals surface area (Å²) in [6.45, 7) is 3.46. The zero-order chi connectivity index (χ0) is 20.5. The fraction of sp³-hybridized carbons (Fsp3) is 0.333. The number of carbonyl (C=O) groups is 1. The average Bonchev–Trinajstić information content (AvgIpc) is 2.67. The summed E-state index contributed by atoms with van der Waals surface area (Å²) in [6, 6.07) is 7.41. The number of nitro benzene ring substituents is 1. The number of hydrogen-bond donors (Lipinski definition) is 0. The molecule has 0 spiro atoms. The molecule has 0 saturated carbocycles. The van der Waals surface area contributed by atoms with E-state index < -0.39 is 14.8 Å². The molecule has 0 aliphatic carbocycles. The number of aromatic nitrogens is 1. The van der Waals surface area contributed by atoms with Crippen molar-refractivity contribution in [3.63, 3.8) is 0 Å². The van der Waals surface area contributed by atoms with E-state index in [4.69, 9.17) is 0 Å². The number of piperazine rings is 1.